The van der Waals surface area contributed by atoms with Gasteiger partial charge in [-0.1, -0.05) is 18.2 Å². The minimum absolute atomic E-state index is 0.412. The smallest absolute Gasteiger partial charge is 0.362 e. The van der Waals surface area contributed by atoms with Crippen LogP contribution in [0.4, 0.5) is 0 Å². The Labute approximate surface area is 106 Å². The maximum Gasteiger partial charge on any atom is 0.362 e. The molecular formula is C14H19N2O2+. The number of carboxylic acids is 1. The van der Waals surface area contributed by atoms with Gasteiger partial charge < -0.3 is 14.6 Å². The van der Waals surface area contributed by atoms with Crippen molar-refractivity contribution in [2.24, 2.45) is 0 Å². The number of rotatable bonds is 4. The van der Waals surface area contributed by atoms with Crippen molar-refractivity contribution in [3.05, 3.63) is 36.0 Å². The van der Waals surface area contributed by atoms with Crippen LogP contribution >= 0.6 is 0 Å². The summed E-state index contributed by atoms with van der Waals surface area (Å²) in [6.45, 7) is 0. The zero-order chi connectivity index (χ0) is 13.3. The van der Waals surface area contributed by atoms with Gasteiger partial charge >= 0.3 is 5.97 Å². The molecule has 4 nitrogen and oxygen atoms in total. The summed E-state index contributed by atoms with van der Waals surface area (Å²) in [7, 11) is 5.73. The number of benzene rings is 1. The molecule has 2 rings (SSSR count). The molecule has 0 aliphatic rings. The van der Waals surface area contributed by atoms with Gasteiger partial charge in [-0.15, -0.1) is 0 Å². The van der Waals surface area contributed by atoms with Crippen LogP contribution in [-0.4, -0.2) is 47.7 Å². The van der Waals surface area contributed by atoms with Gasteiger partial charge in [0.2, 0.25) is 0 Å². The van der Waals surface area contributed by atoms with Crippen molar-refractivity contribution in [3.63, 3.8) is 0 Å². The summed E-state index contributed by atoms with van der Waals surface area (Å²) in [6, 6.07) is 7.53. The molecule has 0 saturated carbocycles. The number of para-hydroxylation sites is 1. The Hall–Kier alpha value is -1.81. The molecule has 1 atom stereocenters. The lowest BCUT2D eigenvalue weighted by molar-refractivity contribution is -0.887. The standard InChI is InChI=1S/C14H18N2O2/c1-16(2,3)13(14(17)18)8-10-9-15-12-7-5-4-6-11(10)12/h4-7,9,13,15H,8H2,1-3H3/p+1. The normalized spacial score (nSPS) is 13.7. The molecule has 2 N–H and O–H groups in total. The molecule has 1 aromatic heterocycles. The van der Waals surface area contributed by atoms with E-state index in [4.69, 9.17) is 0 Å². The first-order chi connectivity index (χ1) is 8.39. The van der Waals surface area contributed by atoms with Gasteiger partial charge in [0.15, 0.2) is 6.04 Å². The van der Waals surface area contributed by atoms with Gasteiger partial charge in [0.25, 0.3) is 0 Å². The molecule has 0 fully saturated rings. The first-order valence-corrected chi connectivity index (χ1v) is 5.98. The second-order valence-corrected chi connectivity index (χ2v) is 5.53. The molecule has 0 bridgehead atoms. The molecule has 0 spiro atoms. The third kappa shape index (κ3) is 2.38. The summed E-state index contributed by atoms with van der Waals surface area (Å²) in [5.74, 6) is -0.757. The Balaban J connectivity index is 2.35. The van der Waals surface area contributed by atoms with Crippen LogP contribution in [0.2, 0.25) is 0 Å². The van der Waals surface area contributed by atoms with Crippen molar-refractivity contribution in [1.29, 1.82) is 0 Å². The predicted octanol–water partition coefficient (Wildman–Crippen LogP) is 1.87. The van der Waals surface area contributed by atoms with Gasteiger partial charge in [0, 0.05) is 23.5 Å². The van der Waals surface area contributed by atoms with E-state index >= 15 is 0 Å². The topological polar surface area (TPSA) is 53.1 Å². The number of H-pyrrole nitrogens is 1. The summed E-state index contributed by atoms with van der Waals surface area (Å²) in [4.78, 5) is 14.6. The van der Waals surface area contributed by atoms with E-state index in [-0.39, 0.29) is 0 Å². The second kappa shape index (κ2) is 4.46. The molecule has 0 aliphatic heterocycles. The number of aliphatic carboxylic acids is 1. The Morgan fingerprint density at radius 1 is 1.33 bits per heavy atom. The Morgan fingerprint density at radius 3 is 2.61 bits per heavy atom. The van der Waals surface area contributed by atoms with Crippen molar-refractivity contribution >= 4 is 16.9 Å². The number of carboxylic acid groups (broad SMARTS) is 1. The van der Waals surface area contributed by atoms with Crippen LogP contribution in [-0.2, 0) is 11.2 Å². The number of aromatic amines is 1. The van der Waals surface area contributed by atoms with E-state index in [1.807, 2.05) is 51.6 Å². The van der Waals surface area contributed by atoms with Crippen LogP contribution < -0.4 is 0 Å². The minimum atomic E-state index is -0.757. The summed E-state index contributed by atoms with van der Waals surface area (Å²) < 4.78 is 0.412. The average Bonchev–Trinajstić information content (AvgIpc) is 2.67. The second-order valence-electron chi connectivity index (χ2n) is 5.53. The number of nitrogens with zero attached hydrogens (tertiary/aromatic N) is 1. The maximum atomic E-state index is 11.4. The first kappa shape index (κ1) is 12.6. The fourth-order valence-corrected chi connectivity index (χ4v) is 2.20. The quantitative estimate of drug-likeness (QED) is 0.810. The average molecular weight is 247 g/mol. The lowest BCUT2D eigenvalue weighted by Gasteiger charge is -2.31. The minimum Gasteiger partial charge on any atom is -0.477 e. The van der Waals surface area contributed by atoms with Gasteiger partial charge in [-0.25, -0.2) is 4.79 Å². The first-order valence-electron chi connectivity index (χ1n) is 5.98. The molecule has 1 unspecified atom stereocenters. The van der Waals surface area contributed by atoms with E-state index in [2.05, 4.69) is 4.98 Å². The van der Waals surface area contributed by atoms with E-state index in [0.29, 0.717) is 10.9 Å². The molecule has 96 valence electrons. The molecule has 2 aromatic rings. The third-order valence-corrected chi connectivity index (χ3v) is 3.31. The van der Waals surface area contributed by atoms with Crippen molar-refractivity contribution < 1.29 is 14.4 Å². The van der Waals surface area contributed by atoms with Gasteiger partial charge in [-0.3, -0.25) is 0 Å². The van der Waals surface area contributed by atoms with E-state index < -0.39 is 12.0 Å². The number of likely N-dealkylation sites (N-methyl/N-ethyl adjacent to an activating group) is 1. The van der Waals surface area contributed by atoms with Crippen LogP contribution in [0.3, 0.4) is 0 Å². The van der Waals surface area contributed by atoms with Gasteiger partial charge in [-0.05, 0) is 11.6 Å². The molecule has 1 aromatic carbocycles. The number of carbonyl (C=O) groups is 1. The van der Waals surface area contributed by atoms with Gasteiger partial charge in [0.05, 0.1) is 21.1 Å². The molecule has 4 heteroatoms. The highest BCUT2D eigenvalue weighted by atomic mass is 16.4. The summed E-state index contributed by atoms with van der Waals surface area (Å²) in [6.07, 6.45) is 2.44. The van der Waals surface area contributed by atoms with Gasteiger partial charge in [0.1, 0.15) is 0 Å². The van der Waals surface area contributed by atoms with E-state index in [0.717, 1.165) is 16.5 Å². The number of nitrogens with one attached hydrogen (secondary N) is 1. The Bertz CT molecular complexity index is 566. The highest BCUT2D eigenvalue weighted by molar-refractivity contribution is 5.84. The van der Waals surface area contributed by atoms with E-state index in [9.17, 15) is 9.90 Å². The highest BCUT2D eigenvalue weighted by Gasteiger charge is 2.32. The SMILES string of the molecule is C[N+](C)(C)C(Cc1c[nH]c2ccccc12)C(=O)O. The van der Waals surface area contributed by atoms with Crippen LogP contribution in [0.25, 0.3) is 10.9 Å². The number of hydrogen-bond donors (Lipinski definition) is 2. The van der Waals surface area contributed by atoms with Crippen molar-refractivity contribution in [2.45, 2.75) is 12.5 Å². The number of fused-ring (bicyclic) bond motifs is 1. The zero-order valence-corrected chi connectivity index (χ0v) is 11.0. The molecule has 0 radical (unpaired) electrons. The van der Waals surface area contributed by atoms with Crippen LogP contribution in [0.5, 0.6) is 0 Å². The molecule has 0 aliphatic carbocycles. The molecule has 18 heavy (non-hydrogen) atoms. The summed E-state index contributed by atoms with van der Waals surface area (Å²) in [5.41, 5.74) is 2.11. The molecular weight excluding hydrogens is 228 g/mol. The molecule has 1 heterocycles. The lowest BCUT2D eigenvalue weighted by Crippen LogP contribution is -2.51. The predicted molar refractivity (Wildman–Crippen MR) is 71.5 cm³/mol. The third-order valence-electron chi connectivity index (χ3n) is 3.31. The number of hydrogen-bond acceptors (Lipinski definition) is 1. The van der Waals surface area contributed by atoms with Crippen LogP contribution in [0.15, 0.2) is 30.5 Å². The monoisotopic (exact) mass is 247 g/mol. The largest absolute Gasteiger partial charge is 0.477 e. The lowest BCUT2D eigenvalue weighted by atomic mass is 10.0. The summed E-state index contributed by atoms with van der Waals surface area (Å²) in [5, 5.41) is 10.5. The molecule has 0 saturated heterocycles. The molecule has 0 amide bonds. The number of aromatic nitrogens is 1. The van der Waals surface area contributed by atoms with Crippen molar-refractivity contribution in [1.82, 2.24) is 4.98 Å². The Kier molecular flexibility index (Phi) is 3.13. The summed E-state index contributed by atoms with van der Waals surface area (Å²) >= 11 is 0. The Morgan fingerprint density at radius 2 is 2.00 bits per heavy atom. The van der Waals surface area contributed by atoms with E-state index in [1.165, 1.54) is 0 Å². The van der Waals surface area contributed by atoms with Crippen molar-refractivity contribution in [2.75, 3.05) is 21.1 Å². The van der Waals surface area contributed by atoms with Crippen LogP contribution in [0.1, 0.15) is 5.56 Å². The fraction of sp³-hybridized carbons (Fsp3) is 0.357. The van der Waals surface area contributed by atoms with Crippen molar-refractivity contribution in [3.8, 4) is 0 Å². The van der Waals surface area contributed by atoms with E-state index in [1.54, 1.807) is 0 Å². The fourth-order valence-electron chi connectivity index (χ4n) is 2.20. The number of quaternary nitrogens is 1. The zero-order valence-electron chi connectivity index (χ0n) is 11.0. The van der Waals surface area contributed by atoms with Gasteiger partial charge in [-0.2, -0.15) is 0 Å². The highest BCUT2D eigenvalue weighted by Crippen LogP contribution is 2.21. The van der Waals surface area contributed by atoms with Crippen LogP contribution in [0, 0.1) is 0 Å². The maximum absolute atomic E-state index is 11.4.